The van der Waals surface area contributed by atoms with E-state index in [4.69, 9.17) is 0 Å². The second-order valence-electron chi connectivity index (χ2n) is 7.43. The normalized spacial score (nSPS) is 26.8. The van der Waals surface area contributed by atoms with Gasteiger partial charge in [0.25, 0.3) is 0 Å². The summed E-state index contributed by atoms with van der Waals surface area (Å²) < 4.78 is 0. The zero-order valence-corrected chi connectivity index (χ0v) is 13.4. The van der Waals surface area contributed by atoms with Crippen LogP contribution in [-0.4, -0.2) is 36.6 Å². The highest BCUT2D eigenvalue weighted by Gasteiger charge is 2.34. The van der Waals surface area contributed by atoms with E-state index in [1.807, 2.05) is 0 Å². The molecule has 1 rings (SSSR count). The molecule has 0 saturated carbocycles. The fraction of sp³-hybridized carbons (Fsp3) is 1.00. The Morgan fingerprint density at radius 2 is 1.94 bits per heavy atom. The molecule has 1 aliphatic heterocycles. The lowest BCUT2D eigenvalue weighted by atomic mass is 9.83. The van der Waals surface area contributed by atoms with Gasteiger partial charge >= 0.3 is 0 Å². The van der Waals surface area contributed by atoms with Crippen LogP contribution in [0, 0.1) is 11.3 Å². The third-order valence-electron chi connectivity index (χ3n) is 4.21. The Bertz CT molecular complexity index is 230. The number of hydrogen-bond acceptors (Lipinski definition) is 2. The first-order valence-corrected chi connectivity index (χ1v) is 7.82. The Kier molecular flexibility index (Phi) is 6.13. The summed E-state index contributed by atoms with van der Waals surface area (Å²) in [5.41, 5.74) is 0.379. The zero-order chi connectivity index (χ0) is 13.8. The first kappa shape index (κ1) is 16.0. The molecule has 0 aliphatic carbocycles. The van der Waals surface area contributed by atoms with Crippen molar-refractivity contribution in [2.45, 2.75) is 72.9 Å². The summed E-state index contributed by atoms with van der Waals surface area (Å²) in [5.74, 6) is 0.836. The van der Waals surface area contributed by atoms with Crippen molar-refractivity contribution >= 4 is 0 Å². The first-order valence-electron chi connectivity index (χ1n) is 7.82. The SMILES string of the molecule is CCC1CN(CCCC(C)C)C(C(C)(C)C)CN1. The fourth-order valence-corrected chi connectivity index (χ4v) is 2.96. The van der Waals surface area contributed by atoms with Gasteiger partial charge in [0.05, 0.1) is 0 Å². The van der Waals surface area contributed by atoms with Crippen molar-refractivity contribution in [3.05, 3.63) is 0 Å². The highest BCUT2D eigenvalue weighted by Crippen LogP contribution is 2.27. The molecule has 1 heterocycles. The predicted octanol–water partition coefficient (Wildman–Crippen LogP) is 3.52. The van der Waals surface area contributed by atoms with Crippen LogP contribution in [0.2, 0.25) is 0 Å². The first-order chi connectivity index (χ1) is 8.34. The van der Waals surface area contributed by atoms with E-state index >= 15 is 0 Å². The summed E-state index contributed by atoms with van der Waals surface area (Å²) in [6.07, 6.45) is 3.95. The average Bonchev–Trinajstić information content (AvgIpc) is 2.27. The van der Waals surface area contributed by atoms with Crippen LogP contribution in [0.5, 0.6) is 0 Å². The van der Waals surface area contributed by atoms with Gasteiger partial charge in [0.2, 0.25) is 0 Å². The van der Waals surface area contributed by atoms with Crippen LogP contribution in [-0.2, 0) is 0 Å². The summed E-state index contributed by atoms with van der Waals surface area (Å²) in [6.45, 7) is 17.7. The van der Waals surface area contributed by atoms with Gasteiger partial charge in [0.15, 0.2) is 0 Å². The Hall–Kier alpha value is -0.0800. The van der Waals surface area contributed by atoms with Gasteiger partial charge in [-0.3, -0.25) is 4.90 Å². The second-order valence-corrected chi connectivity index (χ2v) is 7.43. The van der Waals surface area contributed by atoms with Crippen LogP contribution in [0.4, 0.5) is 0 Å². The molecular weight excluding hydrogens is 220 g/mol. The van der Waals surface area contributed by atoms with Gasteiger partial charge in [0.1, 0.15) is 0 Å². The summed E-state index contributed by atoms with van der Waals surface area (Å²) in [5, 5.41) is 3.71. The minimum Gasteiger partial charge on any atom is -0.311 e. The second kappa shape index (κ2) is 6.91. The molecule has 2 atom stereocenters. The van der Waals surface area contributed by atoms with Crippen molar-refractivity contribution in [2.75, 3.05) is 19.6 Å². The lowest BCUT2D eigenvalue weighted by Crippen LogP contribution is -2.60. The van der Waals surface area contributed by atoms with E-state index in [0.29, 0.717) is 17.5 Å². The lowest BCUT2D eigenvalue weighted by molar-refractivity contribution is 0.0529. The number of piperazine rings is 1. The molecule has 108 valence electrons. The van der Waals surface area contributed by atoms with Crippen molar-refractivity contribution in [3.8, 4) is 0 Å². The van der Waals surface area contributed by atoms with E-state index in [0.717, 1.165) is 12.5 Å². The van der Waals surface area contributed by atoms with Crippen molar-refractivity contribution in [1.82, 2.24) is 10.2 Å². The highest BCUT2D eigenvalue weighted by atomic mass is 15.2. The third kappa shape index (κ3) is 4.89. The number of nitrogens with zero attached hydrogens (tertiary/aromatic N) is 1. The van der Waals surface area contributed by atoms with Crippen LogP contribution in [0.1, 0.15) is 60.8 Å². The molecule has 0 bridgehead atoms. The van der Waals surface area contributed by atoms with E-state index in [2.05, 4.69) is 51.8 Å². The molecule has 1 N–H and O–H groups in total. The molecule has 18 heavy (non-hydrogen) atoms. The summed E-state index contributed by atoms with van der Waals surface area (Å²) in [6, 6.07) is 1.38. The Balaban J connectivity index is 2.54. The Morgan fingerprint density at radius 3 is 2.44 bits per heavy atom. The smallest absolute Gasteiger partial charge is 0.0269 e. The number of nitrogens with one attached hydrogen (secondary N) is 1. The van der Waals surface area contributed by atoms with Crippen molar-refractivity contribution in [3.63, 3.8) is 0 Å². The minimum atomic E-state index is 0.379. The van der Waals surface area contributed by atoms with Gasteiger partial charge in [-0.1, -0.05) is 41.5 Å². The predicted molar refractivity (Wildman–Crippen MR) is 81.0 cm³/mol. The molecular formula is C16H34N2. The molecule has 2 nitrogen and oxygen atoms in total. The van der Waals surface area contributed by atoms with Gasteiger partial charge in [-0.2, -0.15) is 0 Å². The molecule has 0 amide bonds. The van der Waals surface area contributed by atoms with Crippen LogP contribution in [0.25, 0.3) is 0 Å². The van der Waals surface area contributed by atoms with E-state index in [1.54, 1.807) is 0 Å². The maximum atomic E-state index is 3.71. The topological polar surface area (TPSA) is 15.3 Å². The van der Waals surface area contributed by atoms with Gasteiger partial charge in [0, 0.05) is 25.2 Å². The number of hydrogen-bond donors (Lipinski definition) is 1. The van der Waals surface area contributed by atoms with E-state index in [1.165, 1.54) is 32.4 Å². The summed E-state index contributed by atoms with van der Waals surface area (Å²) >= 11 is 0. The Labute approximate surface area is 115 Å². The lowest BCUT2D eigenvalue weighted by Gasteiger charge is -2.46. The van der Waals surface area contributed by atoms with E-state index in [9.17, 15) is 0 Å². The van der Waals surface area contributed by atoms with E-state index in [-0.39, 0.29) is 0 Å². The molecule has 1 aliphatic rings. The largest absolute Gasteiger partial charge is 0.311 e. The summed E-state index contributed by atoms with van der Waals surface area (Å²) in [7, 11) is 0. The molecule has 1 saturated heterocycles. The third-order valence-corrected chi connectivity index (χ3v) is 4.21. The molecule has 0 aromatic carbocycles. The molecule has 0 spiro atoms. The number of rotatable bonds is 5. The average molecular weight is 254 g/mol. The van der Waals surface area contributed by atoms with Crippen LogP contribution in [0.15, 0.2) is 0 Å². The Morgan fingerprint density at radius 1 is 1.28 bits per heavy atom. The minimum absolute atomic E-state index is 0.379. The zero-order valence-electron chi connectivity index (χ0n) is 13.4. The maximum Gasteiger partial charge on any atom is 0.0269 e. The maximum absolute atomic E-state index is 3.71. The molecule has 0 aromatic heterocycles. The van der Waals surface area contributed by atoms with Crippen LogP contribution >= 0.6 is 0 Å². The molecule has 0 aromatic rings. The van der Waals surface area contributed by atoms with Gasteiger partial charge in [-0.05, 0) is 37.1 Å². The molecule has 1 fully saturated rings. The van der Waals surface area contributed by atoms with Gasteiger partial charge in [-0.25, -0.2) is 0 Å². The monoisotopic (exact) mass is 254 g/mol. The van der Waals surface area contributed by atoms with Crippen LogP contribution in [0.3, 0.4) is 0 Å². The van der Waals surface area contributed by atoms with E-state index < -0.39 is 0 Å². The molecule has 2 heteroatoms. The van der Waals surface area contributed by atoms with Crippen molar-refractivity contribution in [2.24, 2.45) is 11.3 Å². The summed E-state index contributed by atoms with van der Waals surface area (Å²) in [4.78, 5) is 2.74. The highest BCUT2D eigenvalue weighted by molar-refractivity contribution is 4.91. The van der Waals surface area contributed by atoms with Crippen molar-refractivity contribution < 1.29 is 0 Å². The quantitative estimate of drug-likeness (QED) is 0.807. The fourth-order valence-electron chi connectivity index (χ4n) is 2.96. The van der Waals surface area contributed by atoms with Gasteiger partial charge < -0.3 is 5.32 Å². The standard InChI is InChI=1S/C16H34N2/c1-7-14-12-18(10-8-9-13(2)3)15(11-17-14)16(4,5)6/h13-15,17H,7-12H2,1-6H3. The molecule has 0 radical (unpaired) electrons. The van der Waals surface area contributed by atoms with Crippen LogP contribution < -0.4 is 5.32 Å². The van der Waals surface area contributed by atoms with Crippen molar-refractivity contribution in [1.29, 1.82) is 0 Å². The molecule has 2 unspecified atom stereocenters. The van der Waals surface area contributed by atoms with Gasteiger partial charge in [-0.15, -0.1) is 0 Å².